The van der Waals surface area contributed by atoms with Crippen LogP contribution in [0.2, 0.25) is 0 Å². The summed E-state index contributed by atoms with van der Waals surface area (Å²) in [7, 11) is 0. The summed E-state index contributed by atoms with van der Waals surface area (Å²) in [4.78, 5) is 4.27. The number of nitrogens with zero attached hydrogens (tertiary/aromatic N) is 1. The van der Waals surface area contributed by atoms with Gasteiger partial charge in [-0.15, -0.1) is 0 Å². The van der Waals surface area contributed by atoms with Crippen LogP contribution >= 0.6 is 0 Å². The van der Waals surface area contributed by atoms with Crippen molar-refractivity contribution in [3.8, 4) is 5.75 Å². The van der Waals surface area contributed by atoms with E-state index in [1.54, 1.807) is 0 Å². The lowest BCUT2D eigenvalue weighted by molar-refractivity contribution is 0.313. The Kier molecular flexibility index (Phi) is 3.47. The first kappa shape index (κ1) is 11.7. The molecule has 0 saturated heterocycles. The molecular weight excluding hydrogens is 212 g/mol. The number of unbranched alkanes of at least 4 members (excludes halogenated alkanes) is 1. The number of aryl methyl sites for hydroxylation is 1. The lowest BCUT2D eigenvalue weighted by atomic mass is 10.1. The number of fused-ring (bicyclic) bond motifs is 1. The molecule has 2 aromatic rings. The lowest BCUT2D eigenvalue weighted by Gasteiger charge is -2.10. The summed E-state index contributed by atoms with van der Waals surface area (Å²) < 4.78 is 5.79. The van der Waals surface area contributed by atoms with Crippen molar-refractivity contribution in [2.75, 3.05) is 12.3 Å². The summed E-state index contributed by atoms with van der Waals surface area (Å²) in [6.45, 7) is 4.87. The topological polar surface area (TPSA) is 48.1 Å². The molecule has 0 radical (unpaired) electrons. The van der Waals surface area contributed by atoms with Crippen molar-refractivity contribution < 1.29 is 4.74 Å². The van der Waals surface area contributed by atoms with Crippen molar-refractivity contribution in [1.29, 1.82) is 0 Å². The summed E-state index contributed by atoms with van der Waals surface area (Å²) in [6, 6.07) is 5.83. The van der Waals surface area contributed by atoms with Gasteiger partial charge in [-0.25, -0.2) is 0 Å². The van der Waals surface area contributed by atoms with Crippen LogP contribution in [-0.4, -0.2) is 11.6 Å². The largest absolute Gasteiger partial charge is 0.493 e. The summed E-state index contributed by atoms with van der Waals surface area (Å²) in [5.41, 5.74) is 7.66. The third kappa shape index (κ3) is 2.49. The summed E-state index contributed by atoms with van der Waals surface area (Å²) in [6.07, 6.45) is 4.01. The second-order valence-electron chi connectivity index (χ2n) is 4.23. The van der Waals surface area contributed by atoms with Gasteiger partial charge in [0.15, 0.2) is 0 Å². The minimum atomic E-state index is 0.746. The summed E-state index contributed by atoms with van der Waals surface area (Å²) >= 11 is 0. The Bertz CT molecular complexity index is 523. The van der Waals surface area contributed by atoms with Gasteiger partial charge in [-0.2, -0.15) is 0 Å². The van der Waals surface area contributed by atoms with Gasteiger partial charge >= 0.3 is 0 Å². The highest BCUT2D eigenvalue weighted by Crippen LogP contribution is 2.30. The molecule has 0 atom stereocenters. The van der Waals surface area contributed by atoms with Crippen molar-refractivity contribution in [1.82, 2.24) is 4.98 Å². The first-order chi connectivity index (χ1) is 8.22. The highest BCUT2D eigenvalue weighted by molar-refractivity contribution is 5.96. The summed E-state index contributed by atoms with van der Waals surface area (Å²) in [5.74, 6) is 0.896. The first-order valence-corrected chi connectivity index (χ1v) is 6.00. The molecule has 0 spiro atoms. The van der Waals surface area contributed by atoms with Crippen LogP contribution in [0.25, 0.3) is 10.8 Å². The van der Waals surface area contributed by atoms with E-state index in [0.29, 0.717) is 0 Å². The molecule has 1 heterocycles. The fourth-order valence-electron chi connectivity index (χ4n) is 1.79. The molecule has 1 aromatic heterocycles. The Morgan fingerprint density at radius 3 is 2.88 bits per heavy atom. The number of pyridine rings is 1. The molecule has 90 valence electrons. The van der Waals surface area contributed by atoms with Gasteiger partial charge in [0.2, 0.25) is 0 Å². The molecule has 2 N–H and O–H groups in total. The van der Waals surface area contributed by atoms with E-state index < -0.39 is 0 Å². The van der Waals surface area contributed by atoms with Crippen LogP contribution in [0.3, 0.4) is 0 Å². The van der Waals surface area contributed by atoms with Crippen LogP contribution in [0.1, 0.15) is 25.5 Å². The van der Waals surface area contributed by atoms with E-state index >= 15 is 0 Å². The van der Waals surface area contributed by atoms with E-state index in [9.17, 15) is 0 Å². The molecule has 0 aliphatic rings. The van der Waals surface area contributed by atoms with Crippen LogP contribution in [0.4, 0.5) is 5.69 Å². The highest BCUT2D eigenvalue weighted by atomic mass is 16.5. The predicted octanol–water partition coefficient (Wildman–Crippen LogP) is 3.30. The zero-order chi connectivity index (χ0) is 12.3. The van der Waals surface area contributed by atoms with Gasteiger partial charge in [0.1, 0.15) is 5.75 Å². The maximum Gasteiger partial charge on any atom is 0.127 e. The quantitative estimate of drug-likeness (QED) is 0.647. The van der Waals surface area contributed by atoms with Gasteiger partial charge in [0, 0.05) is 28.4 Å². The van der Waals surface area contributed by atoms with Gasteiger partial charge < -0.3 is 10.5 Å². The number of hydrogen-bond donors (Lipinski definition) is 1. The third-order valence-electron chi connectivity index (χ3n) is 2.79. The average Bonchev–Trinajstić information content (AvgIpc) is 2.32. The normalized spacial score (nSPS) is 10.7. The van der Waals surface area contributed by atoms with Gasteiger partial charge in [0.05, 0.1) is 6.61 Å². The van der Waals surface area contributed by atoms with Crippen molar-refractivity contribution in [2.24, 2.45) is 0 Å². The van der Waals surface area contributed by atoms with Gasteiger partial charge in [-0.1, -0.05) is 13.3 Å². The number of nitrogen functional groups attached to an aromatic ring is 1. The number of aromatic nitrogens is 1. The lowest BCUT2D eigenvalue weighted by Crippen LogP contribution is -1.98. The first-order valence-electron chi connectivity index (χ1n) is 6.00. The Balaban J connectivity index is 2.41. The van der Waals surface area contributed by atoms with Crippen LogP contribution in [-0.2, 0) is 0 Å². The second kappa shape index (κ2) is 5.04. The van der Waals surface area contributed by atoms with Gasteiger partial charge in [-0.05, 0) is 31.5 Å². The van der Waals surface area contributed by atoms with Crippen molar-refractivity contribution in [3.63, 3.8) is 0 Å². The van der Waals surface area contributed by atoms with E-state index in [1.165, 1.54) is 0 Å². The van der Waals surface area contributed by atoms with Crippen LogP contribution in [0.5, 0.6) is 5.75 Å². The molecule has 0 amide bonds. The molecule has 3 heteroatoms. The third-order valence-corrected chi connectivity index (χ3v) is 2.79. The number of rotatable bonds is 4. The molecule has 0 aliphatic carbocycles. The predicted molar refractivity (Wildman–Crippen MR) is 71.3 cm³/mol. The highest BCUT2D eigenvalue weighted by Gasteiger charge is 2.06. The van der Waals surface area contributed by atoms with Crippen molar-refractivity contribution in [2.45, 2.75) is 26.7 Å². The molecule has 0 aliphatic heterocycles. The standard InChI is InChI=1S/C14H18N2O/c1-3-4-7-17-14-6-5-13(15)12-9-16-10(2)8-11(12)14/h5-6,8-9H,3-4,7,15H2,1-2H3. The number of ether oxygens (including phenoxy) is 1. The zero-order valence-electron chi connectivity index (χ0n) is 10.4. The minimum Gasteiger partial charge on any atom is -0.493 e. The van der Waals surface area contributed by atoms with Crippen LogP contribution in [0, 0.1) is 6.92 Å². The van der Waals surface area contributed by atoms with E-state index in [1.807, 2.05) is 31.3 Å². The smallest absolute Gasteiger partial charge is 0.127 e. The maximum atomic E-state index is 5.93. The minimum absolute atomic E-state index is 0.746. The molecule has 1 aromatic carbocycles. The van der Waals surface area contributed by atoms with E-state index in [2.05, 4.69) is 11.9 Å². The van der Waals surface area contributed by atoms with E-state index in [0.717, 1.165) is 47.4 Å². The molecule has 0 unspecified atom stereocenters. The number of nitrogens with two attached hydrogens (primary N) is 1. The van der Waals surface area contributed by atoms with E-state index in [-0.39, 0.29) is 0 Å². The Morgan fingerprint density at radius 1 is 1.29 bits per heavy atom. The maximum absolute atomic E-state index is 5.93. The Hall–Kier alpha value is -1.77. The number of anilines is 1. The molecule has 2 rings (SSSR count). The average molecular weight is 230 g/mol. The molecule has 0 bridgehead atoms. The molecule has 17 heavy (non-hydrogen) atoms. The number of benzene rings is 1. The fourth-order valence-corrected chi connectivity index (χ4v) is 1.79. The van der Waals surface area contributed by atoms with Gasteiger partial charge in [0.25, 0.3) is 0 Å². The van der Waals surface area contributed by atoms with Crippen LogP contribution in [0.15, 0.2) is 24.4 Å². The Labute approximate surface area is 102 Å². The SMILES string of the molecule is CCCCOc1ccc(N)c2cnc(C)cc12. The zero-order valence-corrected chi connectivity index (χ0v) is 10.4. The second-order valence-corrected chi connectivity index (χ2v) is 4.23. The van der Waals surface area contributed by atoms with Crippen LogP contribution < -0.4 is 10.5 Å². The molecule has 3 nitrogen and oxygen atoms in total. The number of hydrogen-bond acceptors (Lipinski definition) is 3. The van der Waals surface area contributed by atoms with Gasteiger partial charge in [-0.3, -0.25) is 4.98 Å². The molecule has 0 saturated carbocycles. The molecule has 0 fully saturated rings. The Morgan fingerprint density at radius 2 is 2.12 bits per heavy atom. The monoisotopic (exact) mass is 230 g/mol. The van der Waals surface area contributed by atoms with E-state index in [4.69, 9.17) is 10.5 Å². The van der Waals surface area contributed by atoms with Crippen molar-refractivity contribution in [3.05, 3.63) is 30.1 Å². The van der Waals surface area contributed by atoms with Crippen molar-refractivity contribution >= 4 is 16.5 Å². The fraction of sp³-hybridized carbons (Fsp3) is 0.357. The summed E-state index contributed by atoms with van der Waals surface area (Å²) in [5, 5.41) is 2.01. The molecular formula is C14H18N2O.